The van der Waals surface area contributed by atoms with Crippen molar-refractivity contribution in [2.75, 3.05) is 36.5 Å². The number of sulfone groups is 1. The smallest absolute Gasteiger partial charge is 0.250 e. The van der Waals surface area contributed by atoms with Crippen LogP contribution >= 0.6 is 11.3 Å². The number of hydrogen-bond acceptors (Lipinski definition) is 6. The minimum atomic E-state index is -3.00. The Morgan fingerprint density at radius 2 is 1.92 bits per heavy atom. The van der Waals surface area contributed by atoms with Crippen molar-refractivity contribution in [2.24, 2.45) is 0 Å². The van der Waals surface area contributed by atoms with E-state index in [1.54, 1.807) is 18.1 Å². The summed E-state index contributed by atoms with van der Waals surface area (Å²) in [5.41, 5.74) is 0.866. The van der Waals surface area contributed by atoms with Gasteiger partial charge in [-0.1, -0.05) is 30.3 Å². The summed E-state index contributed by atoms with van der Waals surface area (Å²) in [6.07, 6.45) is 1.66. The SMILES string of the molecule is CN(C(=O)C(c1ccccc1)N1CCS(=O)(=O)CC1)c1nccs1. The molecule has 0 aliphatic carbocycles. The highest BCUT2D eigenvalue weighted by Crippen LogP contribution is 2.27. The van der Waals surface area contributed by atoms with E-state index in [1.807, 2.05) is 40.6 Å². The molecule has 1 atom stereocenters. The van der Waals surface area contributed by atoms with E-state index in [-0.39, 0.29) is 17.4 Å². The second kappa shape index (κ2) is 7.00. The van der Waals surface area contributed by atoms with Crippen molar-refractivity contribution >= 4 is 32.2 Å². The van der Waals surface area contributed by atoms with Gasteiger partial charge in [0.05, 0.1) is 11.5 Å². The Labute approximate surface area is 145 Å². The van der Waals surface area contributed by atoms with Gasteiger partial charge in [0.2, 0.25) is 5.91 Å². The first-order valence-electron chi connectivity index (χ1n) is 7.64. The second-order valence-electron chi connectivity index (χ2n) is 5.71. The lowest BCUT2D eigenvalue weighted by Crippen LogP contribution is -2.48. The van der Waals surface area contributed by atoms with E-state index in [0.29, 0.717) is 18.2 Å². The Morgan fingerprint density at radius 3 is 2.50 bits per heavy atom. The molecule has 24 heavy (non-hydrogen) atoms. The molecule has 1 aliphatic rings. The number of anilines is 1. The third kappa shape index (κ3) is 3.66. The molecule has 8 heteroatoms. The molecule has 1 aromatic heterocycles. The summed E-state index contributed by atoms with van der Waals surface area (Å²) in [5, 5.41) is 2.45. The fraction of sp³-hybridized carbons (Fsp3) is 0.375. The second-order valence-corrected chi connectivity index (χ2v) is 8.89. The molecule has 1 amide bonds. The average Bonchev–Trinajstić information content (AvgIpc) is 3.11. The molecule has 0 bridgehead atoms. The highest BCUT2D eigenvalue weighted by molar-refractivity contribution is 7.91. The van der Waals surface area contributed by atoms with E-state index in [1.165, 1.54) is 11.3 Å². The first-order chi connectivity index (χ1) is 11.5. The molecule has 0 radical (unpaired) electrons. The molecule has 3 rings (SSSR count). The molecule has 1 saturated heterocycles. The van der Waals surface area contributed by atoms with Crippen molar-refractivity contribution in [3.05, 3.63) is 47.5 Å². The van der Waals surface area contributed by atoms with E-state index >= 15 is 0 Å². The Hall–Kier alpha value is -1.77. The number of aromatic nitrogens is 1. The predicted molar refractivity (Wildman–Crippen MR) is 94.9 cm³/mol. The first kappa shape index (κ1) is 17.1. The number of nitrogens with zero attached hydrogens (tertiary/aromatic N) is 3. The van der Waals surface area contributed by atoms with Crippen LogP contribution in [0.25, 0.3) is 0 Å². The summed E-state index contributed by atoms with van der Waals surface area (Å²) < 4.78 is 23.4. The standard InChI is InChI=1S/C16H19N3O3S2/c1-18(16-17-7-10-23-16)15(20)14(13-5-3-2-4-6-13)19-8-11-24(21,22)12-9-19/h2-7,10,14H,8-9,11-12H2,1H3. The molecule has 2 heterocycles. The van der Waals surface area contributed by atoms with Gasteiger partial charge >= 0.3 is 0 Å². The quantitative estimate of drug-likeness (QED) is 0.823. The zero-order chi connectivity index (χ0) is 17.2. The zero-order valence-corrected chi connectivity index (χ0v) is 15.0. The number of carbonyl (C=O) groups excluding carboxylic acids is 1. The van der Waals surface area contributed by atoms with Crippen LogP contribution in [0.15, 0.2) is 41.9 Å². The van der Waals surface area contributed by atoms with Gasteiger partial charge in [-0.25, -0.2) is 13.4 Å². The van der Waals surface area contributed by atoms with Gasteiger partial charge in [-0.15, -0.1) is 11.3 Å². The van der Waals surface area contributed by atoms with Crippen molar-refractivity contribution < 1.29 is 13.2 Å². The van der Waals surface area contributed by atoms with E-state index in [2.05, 4.69) is 4.98 Å². The Bertz CT molecular complexity index is 777. The van der Waals surface area contributed by atoms with Crippen molar-refractivity contribution in [1.29, 1.82) is 0 Å². The maximum atomic E-state index is 13.1. The van der Waals surface area contributed by atoms with Crippen LogP contribution in [0, 0.1) is 0 Å². The lowest BCUT2D eigenvalue weighted by atomic mass is 10.0. The van der Waals surface area contributed by atoms with Crippen LogP contribution in [0.5, 0.6) is 0 Å². The number of amides is 1. The molecule has 1 aromatic carbocycles. The third-order valence-electron chi connectivity index (χ3n) is 4.13. The molecule has 6 nitrogen and oxygen atoms in total. The number of hydrogen-bond donors (Lipinski definition) is 0. The molecule has 1 fully saturated rings. The Kier molecular flexibility index (Phi) is 4.98. The van der Waals surface area contributed by atoms with Crippen molar-refractivity contribution in [3.63, 3.8) is 0 Å². The lowest BCUT2D eigenvalue weighted by Gasteiger charge is -2.35. The normalized spacial score (nSPS) is 18.9. The Balaban J connectivity index is 1.89. The highest BCUT2D eigenvalue weighted by atomic mass is 32.2. The van der Waals surface area contributed by atoms with Crippen LogP contribution in [0.4, 0.5) is 5.13 Å². The van der Waals surface area contributed by atoms with E-state index < -0.39 is 15.9 Å². The molecule has 0 spiro atoms. The first-order valence-corrected chi connectivity index (χ1v) is 10.3. The summed E-state index contributed by atoms with van der Waals surface area (Å²) in [6, 6.07) is 8.98. The minimum absolute atomic E-state index is 0.0879. The average molecular weight is 365 g/mol. The summed E-state index contributed by atoms with van der Waals surface area (Å²) in [6.45, 7) is 0.721. The van der Waals surface area contributed by atoms with Crippen LogP contribution in [-0.4, -0.2) is 55.9 Å². The maximum absolute atomic E-state index is 13.1. The molecule has 1 unspecified atom stereocenters. The van der Waals surface area contributed by atoms with Gasteiger partial charge < -0.3 is 0 Å². The van der Waals surface area contributed by atoms with E-state index in [0.717, 1.165) is 5.56 Å². The monoisotopic (exact) mass is 365 g/mol. The van der Waals surface area contributed by atoms with Crippen molar-refractivity contribution in [1.82, 2.24) is 9.88 Å². The summed E-state index contributed by atoms with van der Waals surface area (Å²) in [4.78, 5) is 20.8. The van der Waals surface area contributed by atoms with Gasteiger partial charge in [0.1, 0.15) is 6.04 Å². The fourth-order valence-corrected chi connectivity index (χ4v) is 4.63. The van der Waals surface area contributed by atoms with Gasteiger partial charge in [0.25, 0.3) is 0 Å². The van der Waals surface area contributed by atoms with Crippen molar-refractivity contribution in [3.8, 4) is 0 Å². The van der Waals surface area contributed by atoms with Gasteiger partial charge in [0.15, 0.2) is 15.0 Å². The molecular formula is C16H19N3O3S2. The number of carbonyl (C=O) groups is 1. The fourth-order valence-electron chi connectivity index (χ4n) is 2.79. The number of rotatable bonds is 4. The molecule has 0 saturated carbocycles. The van der Waals surface area contributed by atoms with Crippen LogP contribution in [0.3, 0.4) is 0 Å². The minimum Gasteiger partial charge on any atom is -0.290 e. The van der Waals surface area contributed by atoms with Gasteiger partial charge in [-0.3, -0.25) is 14.6 Å². The summed E-state index contributed by atoms with van der Waals surface area (Å²) in [5.74, 6) is 0.0743. The van der Waals surface area contributed by atoms with Crippen LogP contribution < -0.4 is 4.90 Å². The maximum Gasteiger partial charge on any atom is 0.250 e. The van der Waals surface area contributed by atoms with Gasteiger partial charge in [0, 0.05) is 31.7 Å². The van der Waals surface area contributed by atoms with Crippen LogP contribution in [-0.2, 0) is 14.6 Å². The van der Waals surface area contributed by atoms with Gasteiger partial charge in [-0.05, 0) is 5.56 Å². The van der Waals surface area contributed by atoms with Gasteiger partial charge in [-0.2, -0.15) is 0 Å². The lowest BCUT2D eigenvalue weighted by molar-refractivity contribution is -0.123. The van der Waals surface area contributed by atoms with Crippen molar-refractivity contribution in [2.45, 2.75) is 6.04 Å². The molecule has 128 valence electrons. The molecular weight excluding hydrogens is 346 g/mol. The molecule has 1 aliphatic heterocycles. The third-order valence-corrected chi connectivity index (χ3v) is 6.59. The van der Waals surface area contributed by atoms with E-state index in [9.17, 15) is 13.2 Å². The Morgan fingerprint density at radius 1 is 1.25 bits per heavy atom. The molecule has 2 aromatic rings. The number of thiazole rings is 1. The van der Waals surface area contributed by atoms with Crippen LogP contribution in [0.2, 0.25) is 0 Å². The summed E-state index contributed by atoms with van der Waals surface area (Å²) in [7, 11) is -1.29. The number of likely N-dealkylation sites (N-methyl/N-ethyl adjacent to an activating group) is 1. The zero-order valence-electron chi connectivity index (χ0n) is 13.3. The van der Waals surface area contributed by atoms with Crippen LogP contribution in [0.1, 0.15) is 11.6 Å². The largest absolute Gasteiger partial charge is 0.290 e. The van der Waals surface area contributed by atoms with E-state index in [4.69, 9.17) is 0 Å². The molecule has 0 N–H and O–H groups in total. The number of benzene rings is 1. The predicted octanol–water partition coefficient (Wildman–Crippen LogP) is 1.58. The summed E-state index contributed by atoms with van der Waals surface area (Å²) >= 11 is 1.40. The highest BCUT2D eigenvalue weighted by Gasteiger charge is 2.34. The topological polar surface area (TPSA) is 70.6 Å².